The molecule has 2 amide bonds. The van der Waals surface area contributed by atoms with Gasteiger partial charge in [-0.2, -0.15) is 4.99 Å². The van der Waals surface area contributed by atoms with E-state index in [2.05, 4.69) is 30.1 Å². The number of nitrogens with one attached hydrogen (secondary N) is 2. The van der Waals surface area contributed by atoms with Gasteiger partial charge in [-0.1, -0.05) is 17.7 Å². The molecule has 0 aliphatic heterocycles. The lowest BCUT2D eigenvalue weighted by atomic mass is 10.3. The number of benzene rings is 1. The summed E-state index contributed by atoms with van der Waals surface area (Å²) in [6, 6.07) is 7.84. The Morgan fingerprint density at radius 1 is 1.29 bits per heavy atom. The van der Waals surface area contributed by atoms with Crippen LogP contribution in [0, 0.1) is 0 Å². The third kappa shape index (κ3) is 6.70. The molecular formula is C19H18ClN6O5PS2. The minimum Gasteiger partial charge on any atom is -0.368 e. The van der Waals surface area contributed by atoms with Crippen molar-refractivity contribution in [3.05, 3.63) is 62.9 Å². The second-order valence-electron chi connectivity index (χ2n) is 6.78. The number of urea groups is 1. The summed E-state index contributed by atoms with van der Waals surface area (Å²) in [5.41, 5.74) is 1.32. The Morgan fingerprint density at radius 2 is 2.15 bits per heavy atom. The number of amides is 2. The van der Waals surface area contributed by atoms with E-state index in [9.17, 15) is 9.36 Å². The van der Waals surface area contributed by atoms with E-state index in [-0.39, 0.29) is 4.80 Å². The second kappa shape index (κ2) is 10.7. The zero-order valence-corrected chi connectivity index (χ0v) is 20.6. The van der Waals surface area contributed by atoms with E-state index >= 15 is 0 Å². The zero-order chi connectivity index (χ0) is 24.1. The number of thiazole rings is 1. The molecule has 34 heavy (non-hydrogen) atoms. The van der Waals surface area contributed by atoms with Crippen molar-refractivity contribution >= 4 is 69.9 Å². The van der Waals surface area contributed by atoms with Crippen molar-refractivity contribution < 1.29 is 23.7 Å². The van der Waals surface area contributed by atoms with Crippen LogP contribution in [0.1, 0.15) is 4.88 Å². The molecule has 0 radical (unpaired) electrons. The standard InChI is InChI=1S/C19H18ClN6O5PS2/c20-12-2-1-3-13(8-12)24-18(27)25-19-26(11-31-32(28,29)30)9-14(34-19)4-6-21-17-16-15(5-7-33-16)22-10-23-17/h1-3,5,7-10H,4,6,11H2,(H,24,27)(H,21,22,23)(H2,28,29,30)/b25-19+. The predicted molar refractivity (Wildman–Crippen MR) is 131 cm³/mol. The number of fused-ring (bicyclic) bond motifs is 1. The summed E-state index contributed by atoms with van der Waals surface area (Å²) in [7, 11) is -4.71. The van der Waals surface area contributed by atoms with E-state index < -0.39 is 20.6 Å². The molecule has 0 saturated carbocycles. The third-order valence-corrected chi connectivity index (χ3v) is 6.99. The number of aromatic nitrogens is 3. The van der Waals surface area contributed by atoms with Crippen LogP contribution in [-0.2, 0) is 22.2 Å². The Balaban J connectivity index is 1.50. The largest absolute Gasteiger partial charge is 0.471 e. The molecule has 0 atom stereocenters. The fourth-order valence-corrected chi connectivity index (χ4v) is 5.13. The van der Waals surface area contributed by atoms with Crippen LogP contribution in [-0.4, -0.2) is 36.9 Å². The minimum absolute atomic E-state index is 0.214. The van der Waals surface area contributed by atoms with Crippen LogP contribution in [0.5, 0.6) is 0 Å². The minimum atomic E-state index is -4.71. The third-order valence-electron chi connectivity index (χ3n) is 4.31. The Labute approximate surface area is 206 Å². The van der Waals surface area contributed by atoms with Crippen molar-refractivity contribution in [1.82, 2.24) is 14.5 Å². The molecule has 1 aromatic carbocycles. The average Bonchev–Trinajstić information content (AvgIpc) is 3.39. The highest BCUT2D eigenvalue weighted by atomic mass is 35.5. The molecule has 3 heterocycles. The Bertz CT molecular complexity index is 1430. The van der Waals surface area contributed by atoms with Crippen molar-refractivity contribution in [2.75, 3.05) is 17.2 Å². The molecule has 4 N–H and O–H groups in total. The average molecular weight is 541 g/mol. The van der Waals surface area contributed by atoms with E-state index in [1.807, 2.05) is 11.4 Å². The first-order chi connectivity index (χ1) is 16.3. The van der Waals surface area contributed by atoms with Gasteiger partial charge in [-0.3, -0.25) is 9.09 Å². The zero-order valence-electron chi connectivity index (χ0n) is 17.3. The summed E-state index contributed by atoms with van der Waals surface area (Å²) in [5.74, 6) is 0.722. The highest BCUT2D eigenvalue weighted by molar-refractivity contribution is 7.46. The lowest BCUT2D eigenvalue weighted by Gasteiger charge is -2.06. The molecule has 3 aromatic heterocycles. The first kappa shape index (κ1) is 24.5. The molecule has 178 valence electrons. The molecule has 4 rings (SSSR count). The molecule has 0 unspecified atom stereocenters. The Morgan fingerprint density at radius 3 is 2.94 bits per heavy atom. The number of nitrogens with zero attached hydrogens (tertiary/aromatic N) is 4. The van der Waals surface area contributed by atoms with Gasteiger partial charge in [0.05, 0.1) is 10.2 Å². The fourth-order valence-electron chi connectivity index (χ4n) is 2.89. The maximum absolute atomic E-state index is 12.4. The molecule has 0 fully saturated rings. The summed E-state index contributed by atoms with van der Waals surface area (Å²) < 4.78 is 18.1. The molecular weight excluding hydrogens is 523 g/mol. The van der Waals surface area contributed by atoms with Crippen LogP contribution >= 0.6 is 42.1 Å². The van der Waals surface area contributed by atoms with Gasteiger partial charge in [0.25, 0.3) is 0 Å². The molecule has 0 saturated heterocycles. The number of rotatable bonds is 8. The van der Waals surface area contributed by atoms with Gasteiger partial charge >= 0.3 is 13.9 Å². The Kier molecular flexibility index (Phi) is 7.73. The fraction of sp³-hybridized carbons (Fsp3) is 0.158. The van der Waals surface area contributed by atoms with Gasteiger partial charge < -0.3 is 20.4 Å². The lowest BCUT2D eigenvalue weighted by molar-refractivity contribution is 0.152. The van der Waals surface area contributed by atoms with Crippen molar-refractivity contribution in [3.63, 3.8) is 0 Å². The van der Waals surface area contributed by atoms with Crippen LogP contribution in [0.15, 0.2) is 53.2 Å². The van der Waals surface area contributed by atoms with Gasteiger partial charge in [-0.05, 0) is 29.6 Å². The van der Waals surface area contributed by atoms with Gasteiger partial charge in [-0.15, -0.1) is 22.7 Å². The molecule has 0 aliphatic carbocycles. The van der Waals surface area contributed by atoms with Crippen LogP contribution in [0.2, 0.25) is 5.02 Å². The van der Waals surface area contributed by atoms with E-state index in [0.717, 1.165) is 20.9 Å². The monoisotopic (exact) mass is 540 g/mol. The van der Waals surface area contributed by atoms with Gasteiger partial charge in [0.15, 0.2) is 4.80 Å². The van der Waals surface area contributed by atoms with Crippen LogP contribution < -0.4 is 15.4 Å². The maximum Gasteiger partial charge on any atom is 0.471 e. The number of phosphoric acid groups is 1. The number of hydrogen-bond donors (Lipinski definition) is 4. The first-order valence-corrected chi connectivity index (χ1v) is 13.3. The summed E-state index contributed by atoms with van der Waals surface area (Å²) >= 11 is 8.67. The molecule has 4 aromatic rings. The first-order valence-electron chi connectivity index (χ1n) is 9.69. The van der Waals surface area contributed by atoms with Crippen molar-refractivity contribution in [1.29, 1.82) is 0 Å². The van der Waals surface area contributed by atoms with Gasteiger partial charge in [-0.25, -0.2) is 19.3 Å². The number of carbonyl (C=O) groups excluding carboxylic acids is 1. The van der Waals surface area contributed by atoms with Gasteiger partial charge in [0.1, 0.15) is 18.9 Å². The van der Waals surface area contributed by atoms with E-state index in [1.165, 1.54) is 33.6 Å². The van der Waals surface area contributed by atoms with Crippen molar-refractivity contribution in [2.24, 2.45) is 4.99 Å². The SMILES string of the molecule is O=C(/N=c1/sc(CCNc2ncnc3ccsc23)cn1COP(=O)(O)O)Nc1cccc(Cl)c1. The molecule has 0 spiro atoms. The molecule has 0 bridgehead atoms. The van der Waals surface area contributed by atoms with Crippen molar-refractivity contribution in [3.8, 4) is 0 Å². The number of phosphoric ester groups is 1. The quantitative estimate of drug-likeness (QED) is 0.244. The maximum atomic E-state index is 12.4. The molecule has 11 nitrogen and oxygen atoms in total. The second-order valence-corrected chi connectivity index (χ2v) is 10.5. The van der Waals surface area contributed by atoms with Gasteiger partial charge in [0, 0.05) is 34.7 Å². The number of hydrogen-bond acceptors (Lipinski definition) is 8. The van der Waals surface area contributed by atoms with Crippen LogP contribution in [0.25, 0.3) is 10.2 Å². The van der Waals surface area contributed by atoms with E-state index in [4.69, 9.17) is 21.4 Å². The highest BCUT2D eigenvalue weighted by Gasteiger charge is 2.15. The number of thiophene rings is 1. The topological polar surface area (TPSA) is 151 Å². The summed E-state index contributed by atoms with van der Waals surface area (Å²) in [5, 5.41) is 8.26. The summed E-state index contributed by atoms with van der Waals surface area (Å²) in [6.07, 6.45) is 3.67. The van der Waals surface area contributed by atoms with Gasteiger partial charge in [0.2, 0.25) is 0 Å². The lowest BCUT2D eigenvalue weighted by Crippen LogP contribution is -2.19. The van der Waals surface area contributed by atoms with E-state index in [0.29, 0.717) is 23.7 Å². The number of anilines is 2. The summed E-state index contributed by atoms with van der Waals surface area (Å²) in [6.45, 7) is 0.0528. The highest BCUT2D eigenvalue weighted by Crippen LogP contribution is 2.36. The smallest absolute Gasteiger partial charge is 0.368 e. The molecule has 15 heteroatoms. The van der Waals surface area contributed by atoms with E-state index in [1.54, 1.807) is 30.5 Å². The Hall–Kier alpha value is -2.64. The van der Waals surface area contributed by atoms with Crippen molar-refractivity contribution in [2.45, 2.75) is 13.2 Å². The van der Waals surface area contributed by atoms with Crippen LogP contribution in [0.3, 0.4) is 0 Å². The summed E-state index contributed by atoms with van der Waals surface area (Å²) in [4.78, 5) is 44.0. The van der Waals surface area contributed by atoms with Crippen LogP contribution in [0.4, 0.5) is 16.3 Å². The number of carbonyl (C=O) groups is 1. The molecule has 0 aliphatic rings. The normalized spacial score (nSPS) is 12.3. The predicted octanol–water partition coefficient (Wildman–Crippen LogP) is 4.06. The number of halogens is 1.